The first-order valence-corrected chi connectivity index (χ1v) is 8.30. The van der Waals surface area contributed by atoms with Crippen molar-refractivity contribution < 1.29 is 4.79 Å². The molecular weight excluding hydrogens is 234 g/mol. The van der Waals surface area contributed by atoms with E-state index in [1.165, 1.54) is 83.1 Å². The molecule has 0 saturated carbocycles. The van der Waals surface area contributed by atoms with Gasteiger partial charge in [0.15, 0.2) is 0 Å². The monoisotopic (exact) mass is 266 g/mol. The Morgan fingerprint density at radius 2 is 1.16 bits per heavy atom. The number of carbonyl (C=O) groups excluding carboxylic acids is 1. The van der Waals surface area contributed by atoms with E-state index in [9.17, 15) is 4.79 Å². The zero-order chi connectivity index (χ0) is 14.0. The molecule has 111 valence electrons. The summed E-state index contributed by atoms with van der Waals surface area (Å²) in [4.78, 5) is 13.3. The van der Waals surface area contributed by atoms with E-state index >= 15 is 0 Å². The Morgan fingerprint density at radius 3 is 1.58 bits per heavy atom. The second-order valence-electron chi connectivity index (χ2n) is 5.43. The molecule has 0 saturated heterocycles. The average Bonchev–Trinajstić information content (AvgIpc) is 2.43. The van der Waals surface area contributed by atoms with Crippen LogP contribution in [0, 0.1) is 6.54 Å². The predicted octanol–water partition coefficient (Wildman–Crippen LogP) is 5.97. The van der Waals surface area contributed by atoms with Crippen LogP contribution in [0.15, 0.2) is 4.99 Å². The topological polar surface area (TPSA) is 29.4 Å². The van der Waals surface area contributed by atoms with Crippen LogP contribution < -0.4 is 0 Å². The highest BCUT2D eigenvalue weighted by atomic mass is 16.1. The summed E-state index contributed by atoms with van der Waals surface area (Å²) >= 11 is 0. The molecule has 0 aromatic heterocycles. The molecule has 0 unspecified atom stereocenters. The Labute approximate surface area is 120 Å². The van der Waals surface area contributed by atoms with Crippen LogP contribution in [0.3, 0.4) is 0 Å². The van der Waals surface area contributed by atoms with Gasteiger partial charge in [0, 0.05) is 0 Å². The van der Waals surface area contributed by atoms with Gasteiger partial charge in [-0.05, 0) is 6.42 Å². The van der Waals surface area contributed by atoms with Crippen molar-refractivity contribution in [3.05, 3.63) is 6.54 Å². The van der Waals surface area contributed by atoms with Gasteiger partial charge in [0.05, 0.1) is 6.54 Å². The Hall–Kier alpha value is -0.620. The average molecular weight is 266 g/mol. The van der Waals surface area contributed by atoms with Gasteiger partial charge in [0.1, 0.15) is 0 Å². The quantitative estimate of drug-likeness (QED) is 0.204. The summed E-state index contributed by atoms with van der Waals surface area (Å²) in [5, 5.41) is 0. The van der Waals surface area contributed by atoms with Crippen LogP contribution in [-0.2, 0) is 4.79 Å². The summed E-state index contributed by atoms with van der Waals surface area (Å²) in [7, 11) is 0. The fourth-order valence-electron chi connectivity index (χ4n) is 2.36. The van der Waals surface area contributed by atoms with E-state index in [4.69, 9.17) is 0 Å². The lowest BCUT2D eigenvalue weighted by Gasteiger charge is -2.02. The molecule has 0 aromatic rings. The van der Waals surface area contributed by atoms with E-state index in [0.717, 1.165) is 12.8 Å². The minimum absolute atomic E-state index is 0.924. The van der Waals surface area contributed by atoms with Gasteiger partial charge in [-0.2, -0.15) is 0 Å². The Kier molecular flexibility index (Phi) is 16.8. The van der Waals surface area contributed by atoms with E-state index in [2.05, 4.69) is 11.9 Å². The molecule has 0 aliphatic carbocycles. The molecule has 2 heteroatoms. The molecule has 0 rings (SSSR count). The highest BCUT2D eigenvalue weighted by Gasteiger charge is 1.93. The number of hydrogen-bond acceptors (Lipinski definition) is 2. The van der Waals surface area contributed by atoms with E-state index in [-0.39, 0.29) is 0 Å². The number of nitrogens with zero attached hydrogens (tertiary/aromatic N) is 1. The molecule has 0 aliphatic heterocycles. The van der Waals surface area contributed by atoms with Gasteiger partial charge in [-0.1, -0.05) is 90.4 Å². The van der Waals surface area contributed by atoms with Gasteiger partial charge in [-0.15, -0.1) is 0 Å². The SMILES string of the molecule is CCCCCCCCCCCCCCC[CH]N=C=O. The van der Waals surface area contributed by atoms with Crippen LogP contribution >= 0.6 is 0 Å². The van der Waals surface area contributed by atoms with Crippen molar-refractivity contribution in [2.45, 2.75) is 96.8 Å². The number of isocyanates is 1. The molecule has 0 bridgehead atoms. The van der Waals surface area contributed by atoms with Crippen molar-refractivity contribution >= 4 is 6.08 Å². The third-order valence-corrected chi connectivity index (χ3v) is 3.58. The third-order valence-electron chi connectivity index (χ3n) is 3.58. The largest absolute Gasteiger partial charge is 0.235 e. The number of unbranched alkanes of at least 4 members (excludes halogenated alkanes) is 13. The normalized spacial score (nSPS) is 10.4. The van der Waals surface area contributed by atoms with Crippen molar-refractivity contribution in [2.75, 3.05) is 0 Å². The summed E-state index contributed by atoms with van der Waals surface area (Å²) in [6.45, 7) is 3.94. The van der Waals surface area contributed by atoms with Crippen molar-refractivity contribution in [1.29, 1.82) is 0 Å². The van der Waals surface area contributed by atoms with Crippen molar-refractivity contribution in [3.8, 4) is 0 Å². The molecule has 0 aromatic carbocycles. The fourth-order valence-corrected chi connectivity index (χ4v) is 2.36. The van der Waals surface area contributed by atoms with E-state index < -0.39 is 0 Å². The van der Waals surface area contributed by atoms with Crippen molar-refractivity contribution in [3.63, 3.8) is 0 Å². The van der Waals surface area contributed by atoms with Crippen LogP contribution in [0.2, 0.25) is 0 Å². The van der Waals surface area contributed by atoms with Crippen molar-refractivity contribution in [2.24, 2.45) is 4.99 Å². The smallest absolute Gasteiger partial charge is 0.211 e. The Bertz CT molecular complexity index is 209. The molecule has 2 nitrogen and oxygen atoms in total. The minimum Gasteiger partial charge on any atom is -0.211 e. The standard InChI is InChI=1S/C17H32NO/c1-2-3-4-5-6-7-8-9-10-11-12-13-14-15-16-18-17-19/h16H,2-15H2,1H3. The molecule has 0 N–H and O–H groups in total. The fraction of sp³-hybridized carbons (Fsp3) is 0.882. The van der Waals surface area contributed by atoms with E-state index in [1.54, 1.807) is 6.54 Å². The lowest BCUT2D eigenvalue weighted by molar-refractivity contribution is 0.538. The van der Waals surface area contributed by atoms with Crippen LogP contribution in [0.5, 0.6) is 0 Å². The van der Waals surface area contributed by atoms with E-state index in [1.807, 2.05) is 0 Å². The van der Waals surface area contributed by atoms with Gasteiger partial charge < -0.3 is 0 Å². The van der Waals surface area contributed by atoms with E-state index in [0.29, 0.717) is 0 Å². The molecular formula is C17H32NO. The number of hydrogen-bond donors (Lipinski definition) is 0. The first-order valence-electron chi connectivity index (χ1n) is 8.30. The molecule has 0 fully saturated rings. The first kappa shape index (κ1) is 18.4. The molecule has 0 amide bonds. The molecule has 0 spiro atoms. The van der Waals surface area contributed by atoms with Gasteiger partial charge in [0.2, 0.25) is 6.08 Å². The summed E-state index contributed by atoms with van der Waals surface area (Å²) in [5.41, 5.74) is 0. The molecule has 0 heterocycles. The second-order valence-corrected chi connectivity index (χ2v) is 5.43. The van der Waals surface area contributed by atoms with Gasteiger partial charge >= 0.3 is 0 Å². The molecule has 19 heavy (non-hydrogen) atoms. The Morgan fingerprint density at radius 1 is 0.737 bits per heavy atom. The van der Waals surface area contributed by atoms with Crippen LogP contribution in [-0.4, -0.2) is 6.08 Å². The maximum absolute atomic E-state index is 9.82. The number of rotatable bonds is 15. The first-order chi connectivity index (χ1) is 9.41. The third kappa shape index (κ3) is 17.4. The summed E-state index contributed by atoms with van der Waals surface area (Å²) < 4.78 is 0. The lowest BCUT2D eigenvalue weighted by Crippen LogP contribution is -1.83. The zero-order valence-electron chi connectivity index (χ0n) is 12.8. The van der Waals surface area contributed by atoms with Crippen LogP contribution in [0.4, 0.5) is 0 Å². The highest BCUT2D eigenvalue weighted by molar-refractivity contribution is 5.33. The molecule has 0 atom stereocenters. The van der Waals surface area contributed by atoms with Gasteiger partial charge in [0.25, 0.3) is 0 Å². The van der Waals surface area contributed by atoms with Crippen molar-refractivity contribution in [1.82, 2.24) is 0 Å². The second kappa shape index (κ2) is 17.4. The minimum atomic E-state index is 0.924. The molecule has 0 aliphatic rings. The summed E-state index contributed by atoms with van der Waals surface area (Å²) in [5.74, 6) is 0. The van der Waals surface area contributed by atoms with Gasteiger partial charge in [-0.3, -0.25) is 0 Å². The summed E-state index contributed by atoms with van der Waals surface area (Å²) in [6, 6.07) is 0. The Balaban J connectivity index is 2.93. The zero-order valence-corrected chi connectivity index (χ0v) is 12.8. The maximum Gasteiger partial charge on any atom is 0.235 e. The maximum atomic E-state index is 9.82. The number of aliphatic imine (C=N–C) groups is 1. The highest BCUT2D eigenvalue weighted by Crippen LogP contribution is 2.13. The van der Waals surface area contributed by atoms with Gasteiger partial charge in [-0.25, -0.2) is 9.79 Å². The lowest BCUT2D eigenvalue weighted by atomic mass is 10.0. The summed E-state index contributed by atoms with van der Waals surface area (Å²) in [6.07, 6.45) is 20.3. The molecule has 1 radical (unpaired) electrons. The van der Waals surface area contributed by atoms with Crippen LogP contribution in [0.25, 0.3) is 0 Å². The van der Waals surface area contributed by atoms with Crippen LogP contribution in [0.1, 0.15) is 96.8 Å². The predicted molar refractivity (Wildman–Crippen MR) is 82.7 cm³/mol.